The standard InChI is InChI=1S/C18H16FNO4S/c1-23-15-7-6-13(19)8-12(15)10-24-18(22)9-20-14-4-2-3-5-16(14)25-11-17(20)21/h2-8H,9-11H2,1H3. The third-order valence-electron chi connectivity index (χ3n) is 3.73. The van der Waals surface area contributed by atoms with Crippen LogP contribution in [-0.4, -0.2) is 31.3 Å². The van der Waals surface area contributed by atoms with Crippen LogP contribution in [0.4, 0.5) is 10.1 Å². The van der Waals surface area contributed by atoms with Gasteiger partial charge in [-0.2, -0.15) is 0 Å². The van der Waals surface area contributed by atoms with E-state index < -0.39 is 11.8 Å². The van der Waals surface area contributed by atoms with E-state index in [4.69, 9.17) is 9.47 Å². The lowest BCUT2D eigenvalue weighted by atomic mass is 10.2. The number of hydrogen-bond donors (Lipinski definition) is 0. The first-order valence-electron chi connectivity index (χ1n) is 7.58. The van der Waals surface area contributed by atoms with Crippen molar-refractivity contribution in [1.29, 1.82) is 0 Å². The number of anilines is 1. The van der Waals surface area contributed by atoms with Gasteiger partial charge in [-0.25, -0.2) is 4.39 Å². The van der Waals surface area contributed by atoms with Crippen LogP contribution in [0.3, 0.4) is 0 Å². The van der Waals surface area contributed by atoms with E-state index in [1.807, 2.05) is 18.2 Å². The maximum absolute atomic E-state index is 13.3. The van der Waals surface area contributed by atoms with Crippen molar-refractivity contribution in [3.8, 4) is 5.75 Å². The summed E-state index contributed by atoms with van der Waals surface area (Å²) in [5.74, 6) is -0.443. The average Bonchev–Trinajstić information content (AvgIpc) is 2.62. The number of carbonyl (C=O) groups is 2. The Morgan fingerprint density at radius 1 is 1.28 bits per heavy atom. The van der Waals surface area contributed by atoms with Crippen molar-refractivity contribution >= 4 is 29.3 Å². The summed E-state index contributed by atoms with van der Waals surface area (Å²) in [6.45, 7) is -0.313. The highest BCUT2D eigenvalue weighted by molar-refractivity contribution is 8.00. The molecule has 0 bridgehead atoms. The lowest BCUT2D eigenvalue weighted by molar-refractivity contribution is -0.144. The van der Waals surface area contributed by atoms with Gasteiger partial charge in [0, 0.05) is 10.5 Å². The minimum absolute atomic E-state index is 0.127. The number of thioether (sulfide) groups is 1. The van der Waals surface area contributed by atoms with Gasteiger partial charge in [0.1, 0.15) is 24.7 Å². The summed E-state index contributed by atoms with van der Waals surface area (Å²) in [7, 11) is 1.46. The van der Waals surface area contributed by atoms with Crippen molar-refractivity contribution in [1.82, 2.24) is 0 Å². The maximum Gasteiger partial charge on any atom is 0.326 e. The van der Waals surface area contributed by atoms with Crippen molar-refractivity contribution in [2.24, 2.45) is 0 Å². The maximum atomic E-state index is 13.3. The van der Waals surface area contributed by atoms with E-state index in [0.717, 1.165) is 4.90 Å². The smallest absolute Gasteiger partial charge is 0.326 e. The molecule has 1 heterocycles. The van der Waals surface area contributed by atoms with Gasteiger partial charge in [0.2, 0.25) is 5.91 Å². The first-order valence-corrected chi connectivity index (χ1v) is 8.57. The van der Waals surface area contributed by atoms with Crippen LogP contribution in [0.2, 0.25) is 0 Å². The van der Waals surface area contributed by atoms with Crippen LogP contribution in [0.25, 0.3) is 0 Å². The molecule has 0 unspecified atom stereocenters. The van der Waals surface area contributed by atoms with Gasteiger partial charge in [0.25, 0.3) is 0 Å². The molecule has 0 fully saturated rings. The Morgan fingerprint density at radius 3 is 2.88 bits per heavy atom. The molecule has 7 heteroatoms. The molecular formula is C18H16FNO4S. The monoisotopic (exact) mass is 361 g/mol. The van der Waals surface area contributed by atoms with E-state index in [1.165, 1.54) is 42.0 Å². The number of methoxy groups -OCH3 is 1. The van der Waals surface area contributed by atoms with Crippen LogP contribution in [0.5, 0.6) is 5.75 Å². The molecule has 2 aromatic rings. The highest BCUT2D eigenvalue weighted by Gasteiger charge is 2.26. The van der Waals surface area contributed by atoms with Crippen molar-refractivity contribution in [2.75, 3.05) is 24.3 Å². The van der Waals surface area contributed by atoms with Crippen molar-refractivity contribution in [2.45, 2.75) is 11.5 Å². The van der Waals surface area contributed by atoms with E-state index in [-0.39, 0.29) is 24.8 Å². The van der Waals surface area contributed by atoms with E-state index in [2.05, 4.69) is 0 Å². The van der Waals surface area contributed by atoms with Crippen LogP contribution in [0.15, 0.2) is 47.4 Å². The summed E-state index contributed by atoms with van der Waals surface area (Å²) in [4.78, 5) is 26.7. The largest absolute Gasteiger partial charge is 0.496 e. The number of amides is 1. The second kappa shape index (κ2) is 7.57. The third-order valence-corrected chi connectivity index (χ3v) is 4.77. The number of carbonyl (C=O) groups excluding carboxylic acids is 2. The first kappa shape index (κ1) is 17.3. The lowest BCUT2D eigenvalue weighted by Gasteiger charge is -2.28. The van der Waals surface area contributed by atoms with Gasteiger partial charge in [0.05, 0.1) is 18.6 Å². The summed E-state index contributed by atoms with van der Waals surface area (Å²) in [6.07, 6.45) is 0. The summed E-state index contributed by atoms with van der Waals surface area (Å²) >= 11 is 1.44. The molecule has 0 aliphatic carbocycles. The Morgan fingerprint density at radius 2 is 2.08 bits per heavy atom. The molecular weight excluding hydrogens is 345 g/mol. The first-order chi connectivity index (χ1) is 12.1. The molecule has 1 aliphatic rings. The van der Waals surface area contributed by atoms with Gasteiger partial charge in [-0.1, -0.05) is 12.1 Å². The van der Waals surface area contributed by atoms with Gasteiger partial charge in [-0.05, 0) is 30.3 Å². The topological polar surface area (TPSA) is 55.8 Å². The van der Waals surface area contributed by atoms with E-state index in [0.29, 0.717) is 17.0 Å². The third kappa shape index (κ3) is 3.93. The SMILES string of the molecule is COc1ccc(F)cc1COC(=O)CN1C(=O)CSc2ccccc21. The lowest BCUT2D eigenvalue weighted by Crippen LogP contribution is -2.39. The Labute approximate surface area is 148 Å². The Kier molecular flexibility index (Phi) is 5.23. The van der Waals surface area contributed by atoms with Gasteiger partial charge < -0.3 is 9.47 Å². The molecule has 0 spiro atoms. The summed E-state index contributed by atoms with van der Waals surface area (Å²) in [6, 6.07) is 11.4. The molecule has 130 valence electrons. The van der Waals surface area contributed by atoms with Crippen molar-refractivity contribution in [3.05, 3.63) is 53.8 Å². The number of rotatable bonds is 5. The Bertz CT molecular complexity index is 811. The minimum Gasteiger partial charge on any atom is -0.496 e. The fourth-order valence-electron chi connectivity index (χ4n) is 2.52. The second-order valence-corrected chi connectivity index (χ2v) is 6.37. The number of halogens is 1. The van der Waals surface area contributed by atoms with Crippen LogP contribution in [-0.2, 0) is 20.9 Å². The van der Waals surface area contributed by atoms with E-state index in [9.17, 15) is 14.0 Å². The van der Waals surface area contributed by atoms with Gasteiger partial charge in [-0.3, -0.25) is 14.5 Å². The highest BCUT2D eigenvalue weighted by Crippen LogP contribution is 2.34. The molecule has 2 aromatic carbocycles. The number of hydrogen-bond acceptors (Lipinski definition) is 5. The number of para-hydroxylation sites is 1. The second-order valence-electron chi connectivity index (χ2n) is 5.35. The Hall–Kier alpha value is -2.54. The average molecular weight is 361 g/mol. The summed E-state index contributed by atoms with van der Waals surface area (Å²) in [5, 5.41) is 0. The molecule has 0 radical (unpaired) electrons. The molecule has 0 saturated heterocycles. The summed E-state index contributed by atoms with van der Waals surface area (Å²) in [5.41, 5.74) is 1.13. The van der Waals surface area contributed by atoms with Crippen molar-refractivity contribution in [3.63, 3.8) is 0 Å². The molecule has 1 amide bonds. The van der Waals surface area contributed by atoms with Crippen molar-refractivity contribution < 1.29 is 23.5 Å². The molecule has 0 saturated carbocycles. The molecule has 5 nitrogen and oxygen atoms in total. The zero-order valence-electron chi connectivity index (χ0n) is 13.5. The highest BCUT2D eigenvalue weighted by atomic mass is 32.2. The zero-order chi connectivity index (χ0) is 17.8. The van der Waals surface area contributed by atoms with Gasteiger partial charge in [0.15, 0.2) is 0 Å². The number of esters is 1. The Balaban J connectivity index is 1.67. The predicted octanol–water partition coefficient (Wildman–Crippen LogP) is 3.02. The number of ether oxygens (including phenoxy) is 2. The van der Waals surface area contributed by atoms with Gasteiger partial charge in [-0.15, -0.1) is 11.8 Å². The molecule has 3 rings (SSSR count). The molecule has 0 atom stereocenters. The minimum atomic E-state index is -0.568. The van der Waals surface area contributed by atoms with Crippen LogP contribution >= 0.6 is 11.8 Å². The molecule has 0 aromatic heterocycles. The van der Waals surface area contributed by atoms with Crippen LogP contribution in [0, 0.1) is 5.82 Å². The fraction of sp³-hybridized carbons (Fsp3) is 0.222. The number of fused-ring (bicyclic) bond motifs is 1. The van der Waals surface area contributed by atoms with E-state index in [1.54, 1.807) is 6.07 Å². The number of nitrogens with zero attached hydrogens (tertiary/aromatic N) is 1. The van der Waals surface area contributed by atoms with Crippen LogP contribution in [0.1, 0.15) is 5.56 Å². The molecule has 25 heavy (non-hydrogen) atoms. The van der Waals surface area contributed by atoms with Gasteiger partial charge >= 0.3 is 5.97 Å². The molecule has 0 N–H and O–H groups in total. The fourth-order valence-corrected chi connectivity index (χ4v) is 3.46. The predicted molar refractivity (Wildman–Crippen MR) is 92.3 cm³/mol. The molecule has 1 aliphatic heterocycles. The normalized spacial score (nSPS) is 13.4. The quantitative estimate of drug-likeness (QED) is 0.767. The van der Waals surface area contributed by atoms with Crippen LogP contribution < -0.4 is 9.64 Å². The summed E-state index contributed by atoms with van der Waals surface area (Å²) < 4.78 is 23.7. The van der Waals surface area contributed by atoms with E-state index >= 15 is 0 Å². The zero-order valence-corrected chi connectivity index (χ0v) is 14.3. The number of benzene rings is 2.